The number of nitrogens with zero attached hydrogens (tertiary/aromatic N) is 1. The molecule has 0 atom stereocenters. The molecular weight excluding hydrogens is 307 g/mol. The van der Waals surface area contributed by atoms with Gasteiger partial charge in [0.25, 0.3) is 0 Å². The van der Waals surface area contributed by atoms with Gasteiger partial charge in [-0.15, -0.1) is 0 Å². The third-order valence-electron chi connectivity index (χ3n) is 4.35. The molecule has 2 aromatic rings. The van der Waals surface area contributed by atoms with Crippen molar-refractivity contribution in [3.05, 3.63) is 59.4 Å². The van der Waals surface area contributed by atoms with Gasteiger partial charge in [-0.1, -0.05) is 29.8 Å². The largest absolute Gasteiger partial charge is 0.322 e. The highest BCUT2D eigenvalue weighted by atomic mass is 19.1. The fourth-order valence-electron chi connectivity index (χ4n) is 3.00. The molecule has 0 bridgehead atoms. The zero-order valence-corrected chi connectivity index (χ0v) is 13.9. The number of anilines is 2. The average Bonchev–Trinajstić information content (AvgIpc) is 2.71. The number of fused-ring (bicyclic) bond motifs is 1. The van der Waals surface area contributed by atoms with Crippen molar-refractivity contribution in [1.29, 1.82) is 0 Å². The second kappa shape index (κ2) is 5.74. The van der Waals surface area contributed by atoms with E-state index in [2.05, 4.69) is 5.32 Å². The van der Waals surface area contributed by atoms with E-state index in [0.29, 0.717) is 0 Å². The standard InChI is InChI=1S/C19H19FN2O2/c1-12-8-9-16-13(10-12)19(2,3)18(24)22(16)11-17(23)21-15-7-5-4-6-14(15)20/h4-10H,11H2,1-3H3,(H,21,23). The van der Waals surface area contributed by atoms with E-state index in [1.54, 1.807) is 12.1 Å². The molecular formula is C19H19FN2O2. The van der Waals surface area contributed by atoms with Crippen molar-refractivity contribution in [2.24, 2.45) is 0 Å². The van der Waals surface area contributed by atoms with Crippen LogP contribution in [0.4, 0.5) is 15.8 Å². The van der Waals surface area contributed by atoms with E-state index in [4.69, 9.17) is 0 Å². The van der Waals surface area contributed by atoms with Crippen LogP contribution in [0.5, 0.6) is 0 Å². The number of hydrogen-bond acceptors (Lipinski definition) is 2. The highest BCUT2D eigenvalue weighted by Crippen LogP contribution is 2.41. The van der Waals surface area contributed by atoms with Crippen LogP contribution in [0.2, 0.25) is 0 Å². The molecule has 1 aliphatic heterocycles. The van der Waals surface area contributed by atoms with Gasteiger partial charge in [0.15, 0.2) is 0 Å². The maximum atomic E-state index is 13.7. The summed E-state index contributed by atoms with van der Waals surface area (Å²) in [6, 6.07) is 11.7. The Morgan fingerprint density at radius 2 is 1.92 bits per heavy atom. The topological polar surface area (TPSA) is 49.4 Å². The van der Waals surface area contributed by atoms with E-state index < -0.39 is 17.1 Å². The molecule has 2 amide bonds. The summed E-state index contributed by atoms with van der Waals surface area (Å²) in [7, 11) is 0. The predicted molar refractivity (Wildman–Crippen MR) is 91.6 cm³/mol. The quantitative estimate of drug-likeness (QED) is 0.940. The molecule has 0 spiro atoms. The fourth-order valence-corrected chi connectivity index (χ4v) is 3.00. The lowest BCUT2D eigenvalue weighted by molar-refractivity contribution is -0.124. The Morgan fingerprint density at radius 3 is 2.62 bits per heavy atom. The Bertz CT molecular complexity index is 830. The van der Waals surface area contributed by atoms with Crippen LogP contribution in [0.15, 0.2) is 42.5 Å². The molecule has 5 heteroatoms. The van der Waals surface area contributed by atoms with Crippen molar-refractivity contribution in [1.82, 2.24) is 0 Å². The van der Waals surface area contributed by atoms with Gasteiger partial charge < -0.3 is 10.2 Å². The van der Waals surface area contributed by atoms with Gasteiger partial charge in [-0.2, -0.15) is 0 Å². The number of para-hydroxylation sites is 1. The van der Waals surface area contributed by atoms with Crippen LogP contribution < -0.4 is 10.2 Å². The summed E-state index contributed by atoms with van der Waals surface area (Å²) in [6.07, 6.45) is 0. The first-order chi connectivity index (χ1) is 11.3. The van der Waals surface area contributed by atoms with E-state index in [1.807, 2.05) is 39.0 Å². The Balaban J connectivity index is 1.85. The van der Waals surface area contributed by atoms with Gasteiger partial charge in [0.2, 0.25) is 11.8 Å². The minimum absolute atomic E-state index is 0.109. The minimum atomic E-state index is -0.681. The summed E-state index contributed by atoms with van der Waals surface area (Å²) in [6.45, 7) is 5.52. The number of rotatable bonds is 3. The Labute approximate surface area is 140 Å². The lowest BCUT2D eigenvalue weighted by Crippen LogP contribution is -2.40. The second-order valence-corrected chi connectivity index (χ2v) is 6.56. The smallest absolute Gasteiger partial charge is 0.244 e. The van der Waals surface area contributed by atoms with Crippen molar-refractivity contribution >= 4 is 23.2 Å². The summed E-state index contributed by atoms with van der Waals surface area (Å²) in [5, 5.41) is 2.52. The number of aryl methyl sites for hydroxylation is 1. The molecule has 3 rings (SSSR count). The van der Waals surface area contributed by atoms with Crippen molar-refractivity contribution < 1.29 is 14.0 Å². The number of halogens is 1. The molecule has 1 N–H and O–H groups in total. The van der Waals surface area contributed by atoms with E-state index in [0.717, 1.165) is 16.8 Å². The Morgan fingerprint density at radius 1 is 1.21 bits per heavy atom. The molecule has 0 aliphatic carbocycles. The van der Waals surface area contributed by atoms with E-state index in [-0.39, 0.29) is 18.1 Å². The normalized spacial score (nSPS) is 15.3. The molecule has 0 radical (unpaired) electrons. The van der Waals surface area contributed by atoms with E-state index in [9.17, 15) is 14.0 Å². The molecule has 0 aromatic heterocycles. The SMILES string of the molecule is Cc1ccc2c(c1)C(C)(C)C(=O)N2CC(=O)Nc1ccccc1F. The summed E-state index contributed by atoms with van der Waals surface area (Å²) in [5.41, 5.74) is 2.13. The maximum absolute atomic E-state index is 13.7. The molecule has 1 heterocycles. The molecule has 4 nitrogen and oxygen atoms in total. The fraction of sp³-hybridized carbons (Fsp3) is 0.263. The molecule has 124 valence electrons. The van der Waals surface area contributed by atoms with Crippen LogP contribution in [0.3, 0.4) is 0 Å². The molecule has 0 unspecified atom stereocenters. The maximum Gasteiger partial charge on any atom is 0.244 e. The minimum Gasteiger partial charge on any atom is -0.322 e. The van der Waals surface area contributed by atoms with Gasteiger partial charge in [-0.05, 0) is 44.5 Å². The zero-order valence-electron chi connectivity index (χ0n) is 13.9. The highest BCUT2D eigenvalue weighted by molar-refractivity contribution is 6.11. The summed E-state index contributed by atoms with van der Waals surface area (Å²) in [5.74, 6) is -1.07. The highest BCUT2D eigenvalue weighted by Gasteiger charge is 2.44. The van der Waals surface area contributed by atoms with Crippen LogP contribution in [-0.2, 0) is 15.0 Å². The van der Waals surface area contributed by atoms with Crippen LogP contribution in [0.25, 0.3) is 0 Å². The zero-order chi connectivity index (χ0) is 17.5. The van der Waals surface area contributed by atoms with Gasteiger partial charge in [-0.25, -0.2) is 4.39 Å². The van der Waals surface area contributed by atoms with Crippen molar-refractivity contribution in [2.45, 2.75) is 26.2 Å². The number of carbonyl (C=O) groups is 2. The third-order valence-corrected chi connectivity index (χ3v) is 4.35. The predicted octanol–water partition coefficient (Wildman–Crippen LogP) is 3.40. The van der Waals surface area contributed by atoms with Gasteiger partial charge >= 0.3 is 0 Å². The number of benzene rings is 2. The van der Waals surface area contributed by atoms with E-state index >= 15 is 0 Å². The van der Waals surface area contributed by atoms with Crippen molar-refractivity contribution in [3.63, 3.8) is 0 Å². The molecule has 2 aromatic carbocycles. The van der Waals surface area contributed by atoms with Gasteiger partial charge in [0, 0.05) is 5.69 Å². The summed E-state index contributed by atoms with van der Waals surface area (Å²) in [4.78, 5) is 26.5. The van der Waals surface area contributed by atoms with Crippen molar-refractivity contribution in [2.75, 3.05) is 16.8 Å². The number of carbonyl (C=O) groups excluding carboxylic acids is 2. The van der Waals surface area contributed by atoms with Crippen LogP contribution in [-0.4, -0.2) is 18.4 Å². The summed E-state index contributed by atoms with van der Waals surface area (Å²) >= 11 is 0. The van der Waals surface area contributed by atoms with E-state index in [1.165, 1.54) is 17.0 Å². The Hall–Kier alpha value is -2.69. The molecule has 0 saturated heterocycles. The monoisotopic (exact) mass is 326 g/mol. The number of nitrogens with one attached hydrogen (secondary N) is 1. The van der Waals surface area contributed by atoms with Gasteiger partial charge in [0.1, 0.15) is 12.4 Å². The Kier molecular flexibility index (Phi) is 3.87. The first-order valence-corrected chi connectivity index (χ1v) is 7.78. The van der Waals surface area contributed by atoms with Crippen LogP contribution in [0.1, 0.15) is 25.0 Å². The number of hydrogen-bond donors (Lipinski definition) is 1. The average molecular weight is 326 g/mol. The summed E-state index contributed by atoms with van der Waals surface area (Å²) < 4.78 is 13.7. The van der Waals surface area contributed by atoms with Crippen LogP contribution in [0, 0.1) is 12.7 Å². The second-order valence-electron chi connectivity index (χ2n) is 6.56. The molecule has 0 saturated carbocycles. The van der Waals surface area contributed by atoms with Crippen molar-refractivity contribution in [3.8, 4) is 0 Å². The number of amides is 2. The van der Waals surface area contributed by atoms with Gasteiger partial charge in [-0.3, -0.25) is 9.59 Å². The molecule has 24 heavy (non-hydrogen) atoms. The first kappa shape index (κ1) is 16.2. The lowest BCUT2D eigenvalue weighted by atomic mass is 9.85. The lowest BCUT2D eigenvalue weighted by Gasteiger charge is -2.20. The first-order valence-electron chi connectivity index (χ1n) is 7.78. The molecule has 1 aliphatic rings. The molecule has 0 fully saturated rings. The van der Waals surface area contributed by atoms with Gasteiger partial charge in [0.05, 0.1) is 11.1 Å². The van der Waals surface area contributed by atoms with Crippen LogP contribution >= 0.6 is 0 Å². The third kappa shape index (κ3) is 2.66.